The Balaban J connectivity index is 2.63. The van der Waals surface area contributed by atoms with Crippen molar-refractivity contribution in [1.29, 1.82) is 0 Å². The Labute approximate surface area is 104 Å². The van der Waals surface area contributed by atoms with E-state index >= 15 is 0 Å². The van der Waals surface area contributed by atoms with Gasteiger partial charge in [0.1, 0.15) is 0 Å². The summed E-state index contributed by atoms with van der Waals surface area (Å²) >= 11 is 0. The standard InChI is InChI=1S/C14H14O4/c15-13(14(16,17)18,11-7-3-1-4-8-11)12-9-5-2-6-10-12/h1-10,15-18H. The van der Waals surface area contributed by atoms with E-state index < -0.39 is 11.6 Å². The molecule has 4 N–H and O–H groups in total. The fraction of sp³-hybridized carbons (Fsp3) is 0.143. The van der Waals surface area contributed by atoms with E-state index in [-0.39, 0.29) is 11.1 Å². The molecule has 94 valence electrons. The molecule has 0 amide bonds. The predicted molar refractivity (Wildman–Crippen MR) is 65.3 cm³/mol. The predicted octanol–water partition coefficient (Wildman–Crippen LogP) is 0.553. The van der Waals surface area contributed by atoms with Crippen LogP contribution in [0.1, 0.15) is 11.1 Å². The van der Waals surface area contributed by atoms with Crippen LogP contribution in [0.5, 0.6) is 0 Å². The molecular formula is C14H14O4. The van der Waals surface area contributed by atoms with Crippen LogP contribution in [-0.4, -0.2) is 26.4 Å². The van der Waals surface area contributed by atoms with Gasteiger partial charge in [0.2, 0.25) is 0 Å². The molecule has 0 aliphatic rings. The molecule has 0 spiro atoms. The van der Waals surface area contributed by atoms with Crippen LogP contribution in [0.15, 0.2) is 60.7 Å². The highest BCUT2D eigenvalue weighted by molar-refractivity contribution is 5.37. The number of hydrogen-bond donors (Lipinski definition) is 4. The summed E-state index contributed by atoms with van der Waals surface area (Å²) in [5, 5.41) is 39.1. The lowest BCUT2D eigenvalue weighted by Crippen LogP contribution is -2.52. The maximum Gasteiger partial charge on any atom is 0.315 e. The highest BCUT2D eigenvalue weighted by Crippen LogP contribution is 2.36. The smallest absolute Gasteiger partial charge is 0.315 e. The Bertz CT molecular complexity index is 463. The van der Waals surface area contributed by atoms with E-state index in [0.29, 0.717) is 0 Å². The van der Waals surface area contributed by atoms with Gasteiger partial charge >= 0.3 is 5.97 Å². The zero-order valence-electron chi connectivity index (χ0n) is 9.56. The Morgan fingerprint density at radius 1 is 0.556 bits per heavy atom. The van der Waals surface area contributed by atoms with Gasteiger partial charge in [0, 0.05) is 0 Å². The van der Waals surface area contributed by atoms with Crippen molar-refractivity contribution in [3.05, 3.63) is 71.8 Å². The van der Waals surface area contributed by atoms with Gasteiger partial charge in [-0.25, -0.2) is 0 Å². The highest BCUT2D eigenvalue weighted by atomic mass is 16.7. The van der Waals surface area contributed by atoms with Crippen LogP contribution in [0.25, 0.3) is 0 Å². The Morgan fingerprint density at radius 3 is 1.17 bits per heavy atom. The van der Waals surface area contributed by atoms with Crippen molar-refractivity contribution in [2.45, 2.75) is 11.6 Å². The highest BCUT2D eigenvalue weighted by Gasteiger charge is 2.50. The third-order valence-electron chi connectivity index (χ3n) is 2.87. The lowest BCUT2D eigenvalue weighted by Gasteiger charge is -2.36. The maximum atomic E-state index is 10.5. The van der Waals surface area contributed by atoms with Crippen LogP contribution in [-0.2, 0) is 5.60 Å². The van der Waals surface area contributed by atoms with Gasteiger partial charge in [0.05, 0.1) is 0 Å². The van der Waals surface area contributed by atoms with Gasteiger partial charge in [0.25, 0.3) is 0 Å². The lowest BCUT2D eigenvalue weighted by atomic mass is 9.84. The first kappa shape index (κ1) is 12.7. The van der Waals surface area contributed by atoms with Gasteiger partial charge in [-0.2, -0.15) is 0 Å². The van der Waals surface area contributed by atoms with Crippen molar-refractivity contribution < 1.29 is 20.4 Å². The third-order valence-corrected chi connectivity index (χ3v) is 2.87. The Kier molecular flexibility index (Phi) is 3.19. The largest absolute Gasteiger partial charge is 0.373 e. The summed E-state index contributed by atoms with van der Waals surface area (Å²) in [6.07, 6.45) is 0. The van der Waals surface area contributed by atoms with Crippen molar-refractivity contribution in [2.24, 2.45) is 0 Å². The molecule has 2 aromatic carbocycles. The van der Waals surface area contributed by atoms with Crippen LogP contribution in [0.2, 0.25) is 0 Å². The molecule has 0 radical (unpaired) electrons. The molecule has 0 aliphatic heterocycles. The Hall–Kier alpha value is -1.72. The van der Waals surface area contributed by atoms with Crippen molar-refractivity contribution in [3.63, 3.8) is 0 Å². The molecule has 0 bridgehead atoms. The topological polar surface area (TPSA) is 80.9 Å². The van der Waals surface area contributed by atoms with Gasteiger partial charge in [-0.05, 0) is 11.1 Å². The van der Waals surface area contributed by atoms with Crippen LogP contribution in [0, 0.1) is 0 Å². The molecule has 4 heteroatoms. The molecule has 4 nitrogen and oxygen atoms in total. The van der Waals surface area contributed by atoms with Gasteiger partial charge in [-0.3, -0.25) is 0 Å². The van der Waals surface area contributed by atoms with E-state index in [9.17, 15) is 20.4 Å². The first-order valence-corrected chi connectivity index (χ1v) is 5.47. The number of hydrogen-bond acceptors (Lipinski definition) is 4. The monoisotopic (exact) mass is 246 g/mol. The van der Waals surface area contributed by atoms with Crippen molar-refractivity contribution in [2.75, 3.05) is 0 Å². The second-order valence-electron chi connectivity index (χ2n) is 4.08. The molecule has 0 aromatic heterocycles. The van der Waals surface area contributed by atoms with Gasteiger partial charge in [-0.15, -0.1) is 0 Å². The summed E-state index contributed by atoms with van der Waals surface area (Å²) < 4.78 is 0. The molecule has 0 unspecified atom stereocenters. The molecule has 0 aliphatic carbocycles. The van der Waals surface area contributed by atoms with Crippen molar-refractivity contribution in [1.82, 2.24) is 0 Å². The van der Waals surface area contributed by atoms with Crippen LogP contribution in [0.3, 0.4) is 0 Å². The van der Waals surface area contributed by atoms with Gasteiger partial charge in [-0.1, -0.05) is 60.7 Å². The zero-order valence-corrected chi connectivity index (χ0v) is 9.56. The van der Waals surface area contributed by atoms with Gasteiger partial charge in [0.15, 0.2) is 5.60 Å². The SMILES string of the molecule is OC(O)(O)C(O)(c1ccccc1)c1ccccc1. The summed E-state index contributed by atoms with van der Waals surface area (Å²) in [6, 6.07) is 16.0. The molecule has 0 saturated carbocycles. The fourth-order valence-corrected chi connectivity index (χ4v) is 1.91. The maximum absolute atomic E-state index is 10.5. The molecule has 0 atom stereocenters. The normalized spacial score (nSPS) is 12.4. The van der Waals surface area contributed by atoms with E-state index in [2.05, 4.69) is 0 Å². The van der Waals surface area contributed by atoms with E-state index in [0.717, 1.165) is 0 Å². The second-order valence-corrected chi connectivity index (χ2v) is 4.08. The Morgan fingerprint density at radius 2 is 0.889 bits per heavy atom. The summed E-state index contributed by atoms with van der Waals surface area (Å²) in [6.45, 7) is 0. The van der Waals surface area contributed by atoms with E-state index in [1.165, 1.54) is 24.3 Å². The number of rotatable bonds is 3. The van der Waals surface area contributed by atoms with E-state index in [1.54, 1.807) is 36.4 Å². The number of aliphatic hydroxyl groups is 4. The average Bonchev–Trinajstić information content (AvgIpc) is 2.38. The first-order chi connectivity index (χ1) is 8.46. The minimum atomic E-state index is -3.28. The minimum Gasteiger partial charge on any atom is -0.373 e. The molecular weight excluding hydrogens is 232 g/mol. The van der Waals surface area contributed by atoms with E-state index in [4.69, 9.17) is 0 Å². The summed E-state index contributed by atoms with van der Waals surface area (Å²) in [7, 11) is 0. The molecule has 0 saturated heterocycles. The average molecular weight is 246 g/mol. The summed E-state index contributed by atoms with van der Waals surface area (Å²) in [5.74, 6) is -3.28. The number of benzene rings is 2. The molecule has 0 heterocycles. The third kappa shape index (κ3) is 2.02. The first-order valence-electron chi connectivity index (χ1n) is 5.47. The summed E-state index contributed by atoms with van der Waals surface area (Å²) in [5.41, 5.74) is -1.94. The van der Waals surface area contributed by atoms with Crippen LogP contribution < -0.4 is 0 Å². The quantitative estimate of drug-likeness (QED) is 0.596. The molecule has 2 aromatic rings. The van der Waals surface area contributed by atoms with Crippen molar-refractivity contribution >= 4 is 0 Å². The molecule has 2 rings (SSSR count). The van der Waals surface area contributed by atoms with Crippen LogP contribution >= 0.6 is 0 Å². The van der Waals surface area contributed by atoms with Crippen molar-refractivity contribution in [3.8, 4) is 0 Å². The molecule has 0 fully saturated rings. The minimum absolute atomic E-state index is 0.184. The summed E-state index contributed by atoms with van der Waals surface area (Å²) in [4.78, 5) is 0. The van der Waals surface area contributed by atoms with Crippen LogP contribution in [0.4, 0.5) is 0 Å². The van der Waals surface area contributed by atoms with E-state index in [1.807, 2.05) is 0 Å². The van der Waals surface area contributed by atoms with Gasteiger partial charge < -0.3 is 20.4 Å². The lowest BCUT2D eigenvalue weighted by molar-refractivity contribution is -0.385. The fourth-order valence-electron chi connectivity index (χ4n) is 1.91. The second kappa shape index (κ2) is 4.51. The zero-order chi connectivity index (χ0) is 13.2. The molecule has 18 heavy (non-hydrogen) atoms.